The summed E-state index contributed by atoms with van der Waals surface area (Å²) in [5, 5.41) is 11.7. The van der Waals surface area contributed by atoms with E-state index in [2.05, 4.69) is 101 Å². The maximum Gasteiger partial charge on any atom is 0.410 e. The summed E-state index contributed by atoms with van der Waals surface area (Å²) in [6.07, 6.45) is 2.33. The minimum atomic E-state index is -3.12. The second kappa shape index (κ2) is 17.9. The number of sulfonamides is 2. The van der Waals surface area contributed by atoms with Gasteiger partial charge in [-0.05, 0) is 69.3 Å². The van der Waals surface area contributed by atoms with Gasteiger partial charge >= 0.3 is 12.1 Å². The number of nitrogens with one attached hydrogen (secondary N) is 1. The third-order valence-corrected chi connectivity index (χ3v) is 17.7. The Labute approximate surface area is 387 Å². The summed E-state index contributed by atoms with van der Waals surface area (Å²) in [5.41, 5.74) is 4.14. The molecule has 6 saturated heterocycles. The molecule has 65 heavy (non-hydrogen) atoms. The number of amides is 3. The van der Waals surface area contributed by atoms with Crippen molar-refractivity contribution in [1.82, 2.24) is 23.7 Å². The molecule has 0 aliphatic carbocycles. The second-order valence-corrected chi connectivity index (χ2v) is 25.4. The molecule has 0 aromatic heterocycles. The van der Waals surface area contributed by atoms with Crippen molar-refractivity contribution in [3.63, 3.8) is 0 Å². The summed E-state index contributed by atoms with van der Waals surface area (Å²) in [6.45, 7) is 26.3. The summed E-state index contributed by atoms with van der Waals surface area (Å²) < 4.78 is 55.6. The lowest BCUT2D eigenvalue weighted by Gasteiger charge is -2.35. The number of likely N-dealkylation sites (tertiary alicyclic amines) is 2. The molecule has 2 aromatic rings. The van der Waals surface area contributed by atoms with Gasteiger partial charge in [-0.3, -0.25) is 0 Å². The number of carbonyl (C=O) groups excluding carboxylic acids is 2. The number of piperazine rings is 2. The number of rotatable bonds is 8. The third kappa shape index (κ3) is 10.4. The average molecular weight is 944 g/mol. The van der Waals surface area contributed by atoms with Crippen LogP contribution in [0.2, 0.25) is 0 Å². The van der Waals surface area contributed by atoms with Gasteiger partial charge in [0.05, 0.1) is 19.1 Å². The molecule has 0 spiro atoms. The van der Waals surface area contributed by atoms with E-state index >= 15 is 0 Å². The number of anilines is 4. The molecule has 19 heteroatoms. The molecular formula is C46H73N9O8S2. The molecule has 4 atom stereocenters. The van der Waals surface area contributed by atoms with E-state index in [1.54, 1.807) is 4.31 Å². The van der Waals surface area contributed by atoms with Gasteiger partial charge < -0.3 is 44.6 Å². The van der Waals surface area contributed by atoms with Crippen molar-refractivity contribution in [2.45, 2.75) is 54.1 Å². The first kappa shape index (κ1) is 48.9. The van der Waals surface area contributed by atoms with Crippen molar-refractivity contribution >= 4 is 54.9 Å². The molecule has 362 valence electrons. The summed E-state index contributed by atoms with van der Waals surface area (Å²) in [5.74, 6) is 0. The Kier molecular flexibility index (Phi) is 13.4. The molecule has 6 aliphatic heterocycles. The normalized spacial score (nSPS) is 28.8. The van der Waals surface area contributed by atoms with Crippen LogP contribution in [-0.2, 0) is 24.8 Å². The van der Waals surface area contributed by atoms with Gasteiger partial charge in [0, 0.05) is 156 Å². The Morgan fingerprint density at radius 1 is 0.554 bits per heavy atom. The van der Waals surface area contributed by atoms with Gasteiger partial charge in [0.15, 0.2) is 0 Å². The van der Waals surface area contributed by atoms with Crippen molar-refractivity contribution in [2.24, 2.45) is 21.7 Å². The Balaban J connectivity index is 0.000000194. The van der Waals surface area contributed by atoms with Crippen molar-refractivity contribution in [2.75, 3.05) is 150 Å². The summed E-state index contributed by atoms with van der Waals surface area (Å²) in [7, 11) is -6.24. The highest BCUT2D eigenvalue weighted by Crippen LogP contribution is 2.54. The molecule has 0 saturated carbocycles. The Morgan fingerprint density at radius 2 is 0.862 bits per heavy atom. The maximum absolute atomic E-state index is 12.6. The van der Waals surface area contributed by atoms with Crippen LogP contribution < -0.4 is 24.9 Å². The molecule has 3 amide bonds. The predicted octanol–water partition coefficient (Wildman–Crippen LogP) is 3.47. The zero-order valence-electron chi connectivity index (χ0n) is 40.0. The number of aliphatic hydroxyl groups is 1. The zero-order valence-corrected chi connectivity index (χ0v) is 41.7. The van der Waals surface area contributed by atoms with E-state index in [4.69, 9.17) is 9.84 Å². The first-order valence-corrected chi connectivity index (χ1v) is 26.7. The van der Waals surface area contributed by atoms with E-state index in [1.165, 1.54) is 28.2 Å². The van der Waals surface area contributed by atoms with Crippen LogP contribution in [0.25, 0.3) is 0 Å². The fourth-order valence-corrected chi connectivity index (χ4v) is 12.5. The number of ether oxygens (including phenoxy) is 1. The molecule has 2 N–H and O–H groups in total. The van der Waals surface area contributed by atoms with Gasteiger partial charge in [-0.1, -0.05) is 27.7 Å². The summed E-state index contributed by atoms with van der Waals surface area (Å²) in [6, 6.07) is 17.1. The van der Waals surface area contributed by atoms with Gasteiger partial charge in [-0.25, -0.2) is 26.4 Å². The highest BCUT2D eigenvalue weighted by Gasteiger charge is 2.60. The predicted molar refractivity (Wildman–Crippen MR) is 257 cm³/mol. The minimum Gasteiger partial charge on any atom is -0.444 e. The molecule has 0 radical (unpaired) electrons. The van der Waals surface area contributed by atoms with Crippen LogP contribution in [0.5, 0.6) is 0 Å². The van der Waals surface area contributed by atoms with E-state index in [9.17, 15) is 26.4 Å². The molecule has 6 heterocycles. The molecule has 0 bridgehead atoms. The summed E-state index contributed by atoms with van der Waals surface area (Å²) >= 11 is 0. The molecule has 6 aliphatic rings. The van der Waals surface area contributed by atoms with Crippen LogP contribution in [0, 0.1) is 21.7 Å². The van der Waals surface area contributed by atoms with Gasteiger partial charge in [0.25, 0.3) is 0 Å². The van der Waals surface area contributed by atoms with Crippen molar-refractivity contribution in [3.05, 3.63) is 48.5 Å². The number of nitrogens with zero attached hydrogens (tertiary/aromatic N) is 8. The van der Waals surface area contributed by atoms with Crippen molar-refractivity contribution in [1.29, 1.82) is 0 Å². The Bertz CT molecular complexity index is 2220. The fourth-order valence-electron chi connectivity index (χ4n) is 10.9. The van der Waals surface area contributed by atoms with Crippen LogP contribution in [0.1, 0.15) is 48.5 Å². The van der Waals surface area contributed by atoms with E-state index in [0.717, 1.165) is 37.6 Å². The zero-order chi connectivity index (χ0) is 47.4. The SMILES string of the molecule is CC(C)(C)OC(=O)N1C[C@@]2(C)CN(c3ccc(N4CCN(S(C)(=O)=O)CC4)cc3)C[C@@]2(C)C1.C[C@@]12CN(C(=O)NCCO)C[C@]1(C)CN(c1ccc(N3CCN(S(C)(=O)=O)CC3)cc1)C2. The Morgan fingerprint density at radius 3 is 1.15 bits per heavy atom. The number of fused-ring (bicyclic) bond motifs is 2. The molecule has 2 aromatic carbocycles. The highest BCUT2D eigenvalue weighted by molar-refractivity contribution is 7.88. The van der Waals surface area contributed by atoms with E-state index in [-0.39, 0.29) is 46.9 Å². The van der Waals surface area contributed by atoms with Gasteiger partial charge in [-0.15, -0.1) is 0 Å². The maximum atomic E-state index is 12.6. The lowest BCUT2D eigenvalue weighted by Crippen LogP contribution is -2.48. The van der Waals surface area contributed by atoms with Crippen molar-refractivity contribution < 1.29 is 36.3 Å². The minimum absolute atomic E-state index is 0.00417. The van der Waals surface area contributed by atoms with Crippen LogP contribution >= 0.6 is 0 Å². The lowest BCUT2D eigenvalue weighted by molar-refractivity contribution is 0.0269. The number of hydrogen-bond donors (Lipinski definition) is 2. The van der Waals surface area contributed by atoms with E-state index in [1.807, 2.05) is 30.6 Å². The first-order chi connectivity index (χ1) is 30.2. The van der Waals surface area contributed by atoms with E-state index in [0.29, 0.717) is 78.5 Å². The van der Waals surface area contributed by atoms with Crippen molar-refractivity contribution in [3.8, 4) is 0 Å². The van der Waals surface area contributed by atoms with Crippen LogP contribution in [0.3, 0.4) is 0 Å². The summed E-state index contributed by atoms with van der Waals surface area (Å²) in [4.78, 5) is 38.1. The smallest absolute Gasteiger partial charge is 0.410 e. The lowest BCUT2D eigenvalue weighted by atomic mass is 9.71. The first-order valence-electron chi connectivity index (χ1n) is 23.0. The number of carbonyl (C=O) groups is 2. The van der Waals surface area contributed by atoms with Gasteiger partial charge in [0.2, 0.25) is 20.0 Å². The number of aliphatic hydroxyl groups excluding tert-OH is 1. The third-order valence-electron chi connectivity index (χ3n) is 15.1. The molecular weight excluding hydrogens is 871 g/mol. The average Bonchev–Trinajstić information content (AvgIpc) is 3.85. The number of benzene rings is 2. The quantitative estimate of drug-likeness (QED) is 0.396. The Hall–Kier alpha value is -4.04. The molecule has 0 unspecified atom stereocenters. The standard InChI is InChI=1S/C24H38N4O4S.C22H35N5O4S/c1-22(2,3)32-21(29)27-17-23(4)15-26(16-24(23,5)18-27)20-9-7-19(8-10-20)25-11-13-28(14-12-25)33(6,30)31;1-21-14-25(15-22(21,2)17-26(16-21)20(29)23-8-13-28)19-6-4-18(5-7-19)24-9-11-27(12-10-24)32(3,30)31/h7-10H,11-18H2,1-6H3;4-7,28H,8-17H2,1-3H3,(H,23,29)/t23-,24+;21-,22+. The highest BCUT2D eigenvalue weighted by atomic mass is 32.2. The van der Waals surface area contributed by atoms with Crippen LogP contribution in [0.15, 0.2) is 48.5 Å². The largest absolute Gasteiger partial charge is 0.444 e. The number of urea groups is 1. The van der Waals surface area contributed by atoms with Crippen LogP contribution in [0.4, 0.5) is 32.3 Å². The topological polar surface area (TPSA) is 170 Å². The van der Waals surface area contributed by atoms with Gasteiger partial charge in [-0.2, -0.15) is 8.61 Å². The fraction of sp³-hybridized carbons (Fsp3) is 0.696. The second-order valence-electron chi connectivity index (χ2n) is 21.4. The monoisotopic (exact) mass is 944 g/mol. The van der Waals surface area contributed by atoms with Gasteiger partial charge in [0.1, 0.15) is 5.60 Å². The van der Waals surface area contributed by atoms with Crippen LogP contribution in [-0.4, -0.2) is 188 Å². The molecule has 6 fully saturated rings. The van der Waals surface area contributed by atoms with E-state index < -0.39 is 25.6 Å². The number of hydrogen-bond acceptors (Lipinski definition) is 12. The molecule has 8 rings (SSSR count). The molecule has 17 nitrogen and oxygen atoms in total.